The van der Waals surface area contributed by atoms with Gasteiger partial charge in [-0.1, -0.05) is 42.5 Å². The van der Waals surface area contributed by atoms with Gasteiger partial charge < -0.3 is 10.0 Å². The Kier molecular flexibility index (Phi) is 5.49. The summed E-state index contributed by atoms with van der Waals surface area (Å²) in [4.78, 5) is 25.4. The topological polar surface area (TPSA) is 57.6 Å². The number of piperidine rings is 1. The Balaban J connectivity index is 1.51. The average Bonchev–Trinajstić information content (AvgIpc) is 2.63. The quantitative estimate of drug-likeness (QED) is 0.909. The van der Waals surface area contributed by atoms with E-state index < -0.39 is 5.97 Å². The van der Waals surface area contributed by atoms with Crippen molar-refractivity contribution in [2.45, 2.75) is 25.7 Å². The van der Waals surface area contributed by atoms with Crippen molar-refractivity contribution in [2.24, 2.45) is 5.92 Å². The highest BCUT2D eigenvalue weighted by Gasteiger charge is 2.23. The fourth-order valence-corrected chi connectivity index (χ4v) is 3.43. The Labute approximate surface area is 148 Å². The van der Waals surface area contributed by atoms with Crippen molar-refractivity contribution < 1.29 is 14.7 Å². The molecule has 1 aliphatic heterocycles. The Morgan fingerprint density at radius 1 is 0.960 bits per heavy atom. The normalized spacial score (nSPS) is 15.1. The van der Waals surface area contributed by atoms with Crippen LogP contribution < -0.4 is 0 Å². The highest BCUT2D eigenvalue weighted by atomic mass is 16.4. The van der Waals surface area contributed by atoms with Gasteiger partial charge in [0.15, 0.2) is 0 Å². The molecule has 1 fully saturated rings. The molecule has 1 N–H and O–H groups in total. The SMILES string of the molecule is O=C(O)c1cccc(CC(=O)N2CCC(Cc3ccccc3)CC2)c1. The summed E-state index contributed by atoms with van der Waals surface area (Å²) in [7, 11) is 0. The zero-order valence-corrected chi connectivity index (χ0v) is 14.2. The number of nitrogens with zero attached hydrogens (tertiary/aromatic N) is 1. The van der Waals surface area contributed by atoms with Crippen LogP contribution in [0.3, 0.4) is 0 Å². The molecule has 25 heavy (non-hydrogen) atoms. The monoisotopic (exact) mass is 337 g/mol. The van der Waals surface area contributed by atoms with Gasteiger partial charge in [0.1, 0.15) is 0 Å². The molecule has 1 aliphatic rings. The number of rotatable bonds is 5. The third-order valence-corrected chi connectivity index (χ3v) is 4.86. The number of amides is 1. The van der Waals surface area contributed by atoms with Crippen molar-refractivity contribution in [2.75, 3.05) is 13.1 Å². The van der Waals surface area contributed by atoms with Crippen LogP contribution in [0.25, 0.3) is 0 Å². The standard InChI is InChI=1S/C21H23NO3/c23-20(15-18-7-4-8-19(14-18)21(24)25)22-11-9-17(10-12-22)13-16-5-2-1-3-6-16/h1-8,14,17H,9-13,15H2,(H,24,25). The summed E-state index contributed by atoms with van der Waals surface area (Å²) in [5.41, 5.74) is 2.35. The minimum absolute atomic E-state index is 0.0840. The molecule has 2 aromatic carbocycles. The zero-order valence-electron chi connectivity index (χ0n) is 14.2. The minimum Gasteiger partial charge on any atom is -0.478 e. The lowest BCUT2D eigenvalue weighted by atomic mass is 9.90. The Morgan fingerprint density at radius 3 is 2.32 bits per heavy atom. The molecule has 0 aromatic heterocycles. The predicted molar refractivity (Wildman–Crippen MR) is 96.6 cm³/mol. The second-order valence-corrected chi connectivity index (χ2v) is 6.70. The van der Waals surface area contributed by atoms with Crippen molar-refractivity contribution >= 4 is 11.9 Å². The van der Waals surface area contributed by atoms with E-state index in [0.29, 0.717) is 5.92 Å². The summed E-state index contributed by atoms with van der Waals surface area (Å²) in [5, 5.41) is 9.05. The van der Waals surface area contributed by atoms with E-state index in [4.69, 9.17) is 5.11 Å². The van der Waals surface area contributed by atoms with Crippen LogP contribution in [0.5, 0.6) is 0 Å². The van der Waals surface area contributed by atoms with Gasteiger partial charge in [-0.3, -0.25) is 4.79 Å². The average molecular weight is 337 g/mol. The van der Waals surface area contributed by atoms with Crippen LogP contribution in [0.2, 0.25) is 0 Å². The van der Waals surface area contributed by atoms with E-state index in [1.54, 1.807) is 18.2 Å². The first-order chi connectivity index (χ1) is 12.1. The number of carboxylic acids is 1. The van der Waals surface area contributed by atoms with Gasteiger partial charge in [0.05, 0.1) is 12.0 Å². The molecular formula is C21H23NO3. The maximum atomic E-state index is 12.5. The van der Waals surface area contributed by atoms with E-state index in [-0.39, 0.29) is 17.9 Å². The third kappa shape index (κ3) is 4.69. The van der Waals surface area contributed by atoms with Crippen molar-refractivity contribution in [3.05, 3.63) is 71.3 Å². The molecule has 0 bridgehead atoms. The highest BCUT2D eigenvalue weighted by molar-refractivity contribution is 5.88. The van der Waals surface area contributed by atoms with Gasteiger partial charge in [-0.2, -0.15) is 0 Å². The van der Waals surface area contributed by atoms with Crippen LogP contribution in [-0.4, -0.2) is 35.0 Å². The number of likely N-dealkylation sites (tertiary alicyclic amines) is 1. The molecule has 1 heterocycles. The number of hydrogen-bond donors (Lipinski definition) is 1. The van der Waals surface area contributed by atoms with E-state index in [9.17, 15) is 9.59 Å². The fourth-order valence-electron chi connectivity index (χ4n) is 3.43. The summed E-state index contributed by atoms with van der Waals surface area (Å²) in [6.45, 7) is 1.57. The minimum atomic E-state index is -0.962. The van der Waals surface area contributed by atoms with Gasteiger partial charge in [-0.15, -0.1) is 0 Å². The molecule has 0 aliphatic carbocycles. The van der Waals surface area contributed by atoms with Crippen LogP contribution >= 0.6 is 0 Å². The molecule has 0 spiro atoms. The fraction of sp³-hybridized carbons (Fsp3) is 0.333. The summed E-state index contributed by atoms with van der Waals surface area (Å²) in [6, 6.07) is 17.1. The summed E-state index contributed by atoms with van der Waals surface area (Å²) >= 11 is 0. The van der Waals surface area contributed by atoms with Gasteiger partial charge in [-0.05, 0) is 48.4 Å². The van der Waals surface area contributed by atoms with E-state index in [0.717, 1.165) is 37.9 Å². The van der Waals surface area contributed by atoms with Gasteiger partial charge in [0.25, 0.3) is 0 Å². The van der Waals surface area contributed by atoms with Crippen molar-refractivity contribution in [3.63, 3.8) is 0 Å². The zero-order chi connectivity index (χ0) is 17.6. The lowest BCUT2D eigenvalue weighted by molar-refractivity contribution is -0.131. The lowest BCUT2D eigenvalue weighted by Crippen LogP contribution is -2.39. The molecule has 1 amide bonds. The number of carbonyl (C=O) groups is 2. The van der Waals surface area contributed by atoms with Crippen molar-refractivity contribution in [3.8, 4) is 0 Å². The summed E-state index contributed by atoms with van der Waals surface area (Å²) in [6.07, 6.45) is 3.39. The molecule has 4 nitrogen and oxygen atoms in total. The Hall–Kier alpha value is -2.62. The number of carbonyl (C=O) groups excluding carboxylic acids is 1. The van der Waals surface area contributed by atoms with Crippen molar-refractivity contribution in [1.29, 1.82) is 0 Å². The van der Waals surface area contributed by atoms with Crippen LogP contribution in [0.15, 0.2) is 54.6 Å². The van der Waals surface area contributed by atoms with Gasteiger partial charge >= 0.3 is 5.97 Å². The highest BCUT2D eigenvalue weighted by Crippen LogP contribution is 2.22. The maximum absolute atomic E-state index is 12.5. The second kappa shape index (κ2) is 7.97. The molecule has 1 saturated heterocycles. The number of benzene rings is 2. The molecular weight excluding hydrogens is 314 g/mol. The van der Waals surface area contributed by atoms with Crippen LogP contribution in [0.4, 0.5) is 0 Å². The molecule has 4 heteroatoms. The first kappa shape index (κ1) is 17.2. The number of hydrogen-bond acceptors (Lipinski definition) is 2. The van der Waals surface area contributed by atoms with E-state index in [1.807, 2.05) is 17.0 Å². The molecule has 130 valence electrons. The first-order valence-corrected chi connectivity index (χ1v) is 8.76. The molecule has 2 aromatic rings. The van der Waals surface area contributed by atoms with E-state index in [2.05, 4.69) is 24.3 Å². The Morgan fingerprint density at radius 2 is 1.64 bits per heavy atom. The van der Waals surface area contributed by atoms with Crippen LogP contribution in [0.1, 0.15) is 34.3 Å². The van der Waals surface area contributed by atoms with Gasteiger partial charge in [0.2, 0.25) is 5.91 Å². The second-order valence-electron chi connectivity index (χ2n) is 6.70. The lowest BCUT2D eigenvalue weighted by Gasteiger charge is -2.32. The van der Waals surface area contributed by atoms with E-state index >= 15 is 0 Å². The first-order valence-electron chi connectivity index (χ1n) is 8.76. The van der Waals surface area contributed by atoms with Crippen LogP contribution in [0, 0.1) is 5.92 Å². The molecule has 3 rings (SSSR count). The van der Waals surface area contributed by atoms with Gasteiger partial charge in [0, 0.05) is 13.1 Å². The largest absolute Gasteiger partial charge is 0.478 e. The predicted octanol–water partition coefficient (Wildman–Crippen LogP) is 3.41. The van der Waals surface area contributed by atoms with Crippen LogP contribution in [-0.2, 0) is 17.6 Å². The van der Waals surface area contributed by atoms with E-state index in [1.165, 1.54) is 5.56 Å². The molecule has 0 atom stereocenters. The Bertz CT molecular complexity index is 734. The van der Waals surface area contributed by atoms with Crippen molar-refractivity contribution in [1.82, 2.24) is 4.90 Å². The molecule has 0 saturated carbocycles. The number of aromatic carboxylic acids is 1. The number of carboxylic acid groups (broad SMARTS) is 1. The van der Waals surface area contributed by atoms with Gasteiger partial charge in [-0.25, -0.2) is 4.79 Å². The maximum Gasteiger partial charge on any atom is 0.335 e. The molecule has 0 unspecified atom stereocenters. The smallest absolute Gasteiger partial charge is 0.335 e. The third-order valence-electron chi connectivity index (χ3n) is 4.86. The summed E-state index contributed by atoms with van der Waals surface area (Å²) in [5.74, 6) is -0.251. The molecule has 0 radical (unpaired) electrons. The summed E-state index contributed by atoms with van der Waals surface area (Å²) < 4.78 is 0.